The Morgan fingerprint density at radius 3 is 2.10 bits per heavy atom. The molecule has 0 aliphatic carbocycles. The van der Waals surface area contributed by atoms with E-state index in [1.54, 1.807) is 0 Å². The number of carbonyl (C=O) groups excluding carboxylic acids is 1. The van der Waals surface area contributed by atoms with Crippen LogP contribution in [-0.4, -0.2) is 45.4 Å². The Labute approximate surface area is 174 Å². The van der Waals surface area contributed by atoms with Gasteiger partial charge in [0.2, 0.25) is 5.95 Å². The molecule has 1 amide bonds. The van der Waals surface area contributed by atoms with Crippen LogP contribution in [0, 0.1) is 0 Å². The molecule has 3 aromatic rings. The maximum Gasteiger partial charge on any atom is 0.270 e. The highest BCUT2D eigenvalue weighted by molar-refractivity contribution is 5.82. The van der Waals surface area contributed by atoms with Crippen LogP contribution < -0.4 is 11.6 Å². The first-order chi connectivity index (χ1) is 14.6. The zero-order valence-corrected chi connectivity index (χ0v) is 16.4. The maximum atomic E-state index is 11.6. The van der Waals surface area contributed by atoms with E-state index in [9.17, 15) is 4.79 Å². The van der Waals surface area contributed by atoms with Gasteiger partial charge < -0.3 is 15.2 Å². The lowest BCUT2D eigenvalue weighted by Crippen LogP contribution is -2.47. The van der Waals surface area contributed by atoms with E-state index >= 15 is 0 Å². The molecule has 0 bridgehead atoms. The number of amides is 1. The summed E-state index contributed by atoms with van der Waals surface area (Å²) >= 11 is 0. The standard InChI is InChI=1S/C11H12N4O.C10H12N2O2/c12-11-13-10-9(8-4-2-1-3-5-8)16-7-6-15(10)14-11;11-12-6-7-14-9(10(12)13)8-4-2-1-3-5-8/h1-5,9H,6-7H2,(H2,12,14);1-5,9H,6-7,11H2. The SMILES string of the molecule is NN1CCOC(c2ccccc2)C1=O.Nc1nc2n(n1)CCOC2c1ccccc1. The maximum absolute atomic E-state index is 11.6. The largest absolute Gasteiger partial charge is 0.366 e. The number of hydrogen-bond acceptors (Lipinski definition) is 7. The van der Waals surface area contributed by atoms with Crippen molar-refractivity contribution < 1.29 is 14.3 Å². The predicted molar refractivity (Wildman–Crippen MR) is 110 cm³/mol. The monoisotopic (exact) mass is 408 g/mol. The summed E-state index contributed by atoms with van der Waals surface area (Å²) < 4.78 is 12.9. The summed E-state index contributed by atoms with van der Waals surface area (Å²) in [5, 5.41) is 5.34. The van der Waals surface area contributed by atoms with E-state index in [4.69, 9.17) is 21.1 Å². The van der Waals surface area contributed by atoms with E-state index in [0.717, 1.165) is 17.0 Å². The molecular formula is C21H24N6O3. The molecule has 0 saturated carbocycles. The van der Waals surface area contributed by atoms with Crippen LogP contribution in [0.25, 0.3) is 0 Å². The number of morpholine rings is 1. The fraction of sp³-hybridized carbons (Fsp3) is 0.286. The quantitative estimate of drug-likeness (QED) is 0.486. The van der Waals surface area contributed by atoms with Gasteiger partial charge in [-0.25, -0.2) is 10.5 Å². The fourth-order valence-corrected chi connectivity index (χ4v) is 3.40. The van der Waals surface area contributed by atoms with Crippen molar-refractivity contribution in [2.24, 2.45) is 5.84 Å². The van der Waals surface area contributed by atoms with Gasteiger partial charge in [0.15, 0.2) is 11.9 Å². The number of benzene rings is 2. The third-order valence-electron chi connectivity index (χ3n) is 4.87. The number of carbonyl (C=O) groups is 1. The minimum absolute atomic E-state index is 0.153. The molecule has 1 aromatic heterocycles. The molecule has 0 spiro atoms. The van der Waals surface area contributed by atoms with Crippen LogP contribution in [0.1, 0.15) is 29.2 Å². The minimum atomic E-state index is -0.532. The molecule has 9 nitrogen and oxygen atoms in total. The van der Waals surface area contributed by atoms with E-state index in [-0.39, 0.29) is 12.0 Å². The highest BCUT2D eigenvalue weighted by atomic mass is 16.5. The topological polar surface area (TPSA) is 122 Å². The molecule has 2 unspecified atom stereocenters. The number of rotatable bonds is 2. The highest BCUT2D eigenvalue weighted by Crippen LogP contribution is 2.27. The average molecular weight is 408 g/mol. The highest BCUT2D eigenvalue weighted by Gasteiger charge is 2.29. The van der Waals surface area contributed by atoms with Crippen LogP contribution in [0.3, 0.4) is 0 Å². The van der Waals surface area contributed by atoms with Crippen molar-refractivity contribution in [1.29, 1.82) is 0 Å². The van der Waals surface area contributed by atoms with E-state index in [0.29, 0.717) is 32.3 Å². The molecule has 1 saturated heterocycles. The van der Waals surface area contributed by atoms with Crippen LogP contribution in [0.5, 0.6) is 0 Å². The van der Waals surface area contributed by atoms with Crippen LogP contribution in [0.4, 0.5) is 5.95 Å². The number of fused-ring (bicyclic) bond motifs is 1. The Balaban J connectivity index is 0.000000147. The molecule has 0 radical (unpaired) electrons. The summed E-state index contributed by atoms with van der Waals surface area (Å²) in [7, 11) is 0. The van der Waals surface area contributed by atoms with Gasteiger partial charge in [0.1, 0.15) is 6.10 Å². The number of anilines is 1. The molecule has 2 aliphatic rings. The molecule has 1 fully saturated rings. The molecule has 5 rings (SSSR count). The Morgan fingerprint density at radius 1 is 0.867 bits per heavy atom. The van der Waals surface area contributed by atoms with Gasteiger partial charge in [0.25, 0.3) is 5.91 Å². The fourth-order valence-electron chi connectivity index (χ4n) is 3.40. The van der Waals surface area contributed by atoms with Gasteiger partial charge >= 0.3 is 0 Å². The smallest absolute Gasteiger partial charge is 0.270 e. The Kier molecular flexibility index (Phi) is 6.03. The predicted octanol–water partition coefficient (Wildman–Crippen LogP) is 1.44. The molecule has 2 atom stereocenters. The number of hydrogen-bond donors (Lipinski definition) is 2. The third-order valence-corrected chi connectivity index (χ3v) is 4.87. The van der Waals surface area contributed by atoms with Crippen LogP contribution in [-0.2, 0) is 20.8 Å². The Bertz CT molecular complexity index is 979. The van der Waals surface area contributed by atoms with Crippen molar-refractivity contribution in [3.8, 4) is 0 Å². The molecule has 30 heavy (non-hydrogen) atoms. The summed E-state index contributed by atoms with van der Waals surface area (Å²) in [6.07, 6.45) is -0.685. The second-order valence-electron chi connectivity index (χ2n) is 6.91. The van der Waals surface area contributed by atoms with Gasteiger partial charge in [0, 0.05) is 0 Å². The first-order valence-corrected chi connectivity index (χ1v) is 9.73. The molecule has 4 N–H and O–H groups in total. The van der Waals surface area contributed by atoms with Crippen molar-refractivity contribution in [2.45, 2.75) is 18.8 Å². The third kappa shape index (κ3) is 4.33. The Morgan fingerprint density at radius 2 is 1.43 bits per heavy atom. The van der Waals surface area contributed by atoms with Gasteiger partial charge in [0.05, 0.1) is 26.3 Å². The minimum Gasteiger partial charge on any atom is -0.366 e. The van der Waals surface area contributed by atoms with Crippen molar-refractivity contribution in [2.75, 3.05) is 25.5 Å². The first-order valence-electron chi connectivity index (χ1n) is 9.73. The van der Waals surface area contributed by atoms with Gasteiger partial charge in [-0.05, 0) is 11.1 Å². The second-order valence-corrected chi connectivity index (χ2v) is 6.91. The van der Waals surface area contributed by atoms with Crippen LogP contribution in [0.2, 0.25) is 0 Å². The van der Waals surface area contributed by atoms with Crippen molar-refractivity contribution in [1.82, 2.24) is 19.8 Å². The van der Waals surface area contributed by atoms with Gasteiger partial charge in [-0.3, -0.25) is 9.80 Å². The zero-order chi connectivity index (χ0) is 20.9. The molecule has 156 valence electrons. The van der Waals surface area contributed by atoms with E-state index in [1.807, 2.05) is 65.3 Å². The lowest BCUT2D eigenvalue weighted by molar-refractivity contribution is -0.153. The summed E-state index contributed by atoms with van der Waals surface area (Å²) in [6.45, 7) is 2.29. The summed E-state index contributed by atoms with van der Waals surface area (Å²) in [5.41, 5.74) is 7.53. The van der Waals surface area contributed by atoms with E-state index in [2.05, 4.69) is 10.1 Å². The number of ether oxygens (including phenoxy) is 2. The number of nitrogen functional groups attached to an aromatic ring is 1. The summed E-state index contributed by atoms with van der Waals surface area (Å²) in [4.78, 5) is 15.8. The second kappa shape index (κ2) is 9.04. The van der Waals surface area contributed by atoms with Crippen molar-refractivity contribution in [3.63, 3.8) is 0 Å². The normalized spacial score (nSPS) is 20.8. The summed E-state index contributed by atoms with van der Waals surface area (Å²) in [6, 6.07) is 19.4. The number of nitrogens with zero attached hydrogens (tertiary/aromatic N) is 4. The number of aromatic nitrogens is 3. The summed E-state index contributed by atoms with van der Waals surface area (Å²) in [5.74, 6) is 6.43. The first kappa shape index (κ1) is 20.0. The lowest BCUT2D eigenvalue weighted by atomic mass is 10.1. The van der Waals surface area contributed by atoms with Gasteiger partial charge in [-0.1, -0.05) is 60.7 Å². The molecule has 9 heteroatoms. The van der Waals surface area contributed by atoms with Crippen molar-refractivity contribution >= 4 is 11.9 Å². The molecule has 2 aliphatic heterocycles. The van der Waals surface area contributed by atoms with Gasteiger partial charge in [-0.15, -0.1) is 5.10 Å². The molecule has 3 heterocycles. The van der Waals surface area contributed by atoms with Crippen LogP contribution in [0.15, 0.2) is 60.7 Å². The van der Waals surface area contributed by atoms with Crippen LogP contribution >= 0.6 is 0 Å². The van der Waals surface area contributed by atoms with Gasteiger partial charge in [-0.2, -0.15) is 4.98 Å². The average Bonchev–Trinajstić information content (AvgIpc) is 3.17. The molecular weight excluding hydrogens is 384 g/mol. The lowest BCUT2D eigenvalue weighted by Gasteiger charge is -2.28. The number of nitrogens with two attached hydrogens (primary N) is 2. The molecule has 2 aromatic carbocycles. The van der Waals surface area contributed by atoms with Crippen molar-refractivity contribution in [3.05, 3.63) is 77.6 Å². The number of hydrazine groups is 1. The van der Waals surface area contributed by atoms with E-state index in [1.165, 1.54) is 5.01 Å². The van der Waals surface area contributed by atoms with E-state index < -0.39 is 6.10 Å². The Hall–Kier alpha value is -3.27. The zero-order valence-electron chi connectivity index (χ0n) is 16.4.